The summed E-state index contributed by atoms with van der Waals surface area (Å²) in [5, 5.41) is 4.47. The normalized spacial score (nSPS) is 34.6. The van der Waals surface area contributed by atoms with Crippen molar-refractivity contribution >= 4 is 5.69 Å². The van der Waals surface area contributed by atoms with Crippen molar-refractivity contribution in [3.63, 3.8) is 0 Å². The Labute approximate surface area is 89.4 Å². The van der Waals surface area contributed by atoms with Gasteiger partial charge in [0.25, 0.3) is 0 Å². The van der Waals surface area contributed by atoms with Crippen LogP contribution < -0.4 is 5.73 Å². The minimum atomic E-state index is 0.458. The van der Waals surface area contributed by atoms with Crippen LogP contribution in [0.1, 0.15) is 37.4 Å². The Bertz CT molecular complexity index is 342. The predicted molar refractivity (Wildman–Crippen MR) is 57.5 cm³/mol. The van der Waals surface area contributed by atoms with Crippen molar-refractivity contribution in [2.75, 3.05) is 5.73 Å². The summed E-state index contributed by atoms with van der Waals surface area (Å²) in [6.07, 6.45) is 7.51. The molecule has 1 aromatic heterocycles. The monoisotopic (exact) mass is 207 g/mol. The largest absolute Gasteiger partial charge is 0.396 e. The van der Waals surface area contributed by atoms with Crippen LogP contribution in [0.4, 0.5) is 5.69 Å². The molecule has 3 rings (SSSR count). The van der Waals surface area contributed by atoms with E-state index in [1.807, 2.05) is 17.8 Å². The number of aromatic nitrogens is 2. The van der Waals surface area contributed by atoms with Gasteiger partial charge in [0.1, 0.15) is 0 Å². The Balaban J connectivity index is 1.82. The Kier molecular flexibility index (Phi) is 1.99. The first kappa shape index (κ1) is 9.21. The molecule has 82 valence electrons. The number of ether oxygens (including phenoxy) is 1. The third-order valence-electron chi connectivity index (χ3n) is 3.59. The number of anilines is 1. The molecule has 3 heterocycles. The summed E-state index contributed by atoms with van der Waals surface area (Å²) in [5.74, 6) is 0. The van der Waals surface area contributed by atoms with Crippen LogP contribution >= 0.6 is 0 Å². The number of fused-ring (bicyclic) bond motifs is 2. The molecule has 0 radical (unpaired) electrons. The van der Waals surface area contributed by atoms with E-state index in [9.17, 15) is 0 Å². The van der Waals surface area contributed by atoms with Crippen LogP contribution in [-0.2, 0) is 4.74 Å². The molecule has 2 bridgehead atoms. The molecule has 0 amide bonds. The maximum absolute atomic E-state index is 5.82. The van der Waals surface area contributed by atoms with Crippen LogP contribution in [0.25, 0.3) is 0 Å². The number of nitrogens with zero attached hydrogens (tertiary/aromatic N) is 2. The molecule has 0 aliphatic carbocycles. The molecular formula is C11H17N3O. The quantitative estimate of drug-likeness (QED) is 0.762. The van der Waals surface area contributed by atoms with Crippen LogP contribution in [-0.4, -0.2) is 22.0 Å². The first-order valence-electron chi connectivity index (χ1n) is 5.69. The molecule has 2 aliphatic heterocycles. The van der Waals surface area contributed by atoms with Gasteiger partial charge in [0.05, 0.1) is 29.6 Å². The average molecular weight is 207 g/mol. The lowest BCUT2D eigenvalue weighted by Crippen LogP contribution is -2.27. The smallest absolute Gasteiger partial charge is 0.0823 e. The molecule has 2 atom stereocenters. The van der Waals surface area contributed by atoms with Crippen molar-refractivity contribution in [2.24, 2.45) is 0 Å². The molecule has 0 spiro atoms. The molecule has 2 N–H and O–H groups in total. The molecule has 2 fully saturated rings. The van der Waals surface area contributed by atoms with Gasteiger partial charge >= 0.3 is 0 Å². The van der Waals surface area contributed by atoms with Gasteiger partial charge < -0.3 is 10.5 Å². The zero-order chi connectivity index (χ0) is 10.4. The second-order valence-electron chi connectivity index (χ2n) is 4.73. The van der Waals surface area contributed by atoms with Crippen molar-refractivity contribution in [1.29, 1.82) is 0 Å². The van der Waals surface area contributed by atoms with E-state index in [1.54, 1.807) is 0 Å². The minimum absolute atomic E-state index is 0.458. The lowest BCUT2D eigenvalue weighted by Gasteiger charge is -2.28. The van der Waals surface area contributed by atoms with Gasteiger partial charge in [0.15, 0.2) is 0 Å². The Morgan fingerprint density at radius 3 is 2.60 bits per heavy atom. The van der Waals surface area contributed by atoms with Gasteiger partial charge in [-0.1, -0.05) is 0 Å². The summed E-state index contributed by atoms with van der Waals surface area (Å²) in [5.41, 5.74) is 7.56. The van der Waals surface area contributed by atoms with E-state index in [0.717, 1.165) is 24.2 Å². The van der Waals surface area contributed by atoms with Gasteiger partial charge in [-0.2, -0.15) is 5.10 Å². The molecule has 4 nitrogen and oxygen atoms in total. The molecule has 4 heteroatoms. The lowest BCUT2D eigenvalue weighted by atomic mass is 10.0. The predicted octanol–water partition coefficient (Wildman–Crippen LogP) is 1.66. The fourth-order valence-electron chi connectivity index (χ4n) is 2.73. The maximum Gasteiger partial charge on any atom is 0.0823 e. The number of nitrogen functional groups attached to an aromatic ring is 1. The van der Waals surface area contributed by atoms with Gasteiger partial charge in [-0.05, 0) is 32.6 Å². The van der Waals surface area contributed by atoms with Crippen molar-refractivity contribution < 1.29 is 4.74 Å². The number of nitrogens with two attached hydrogens (primary N) is 1. The van der Waals surface area contributed by atoms with E-state index in [1.165, 1.54) is 12.8 Å². The highest BCUT2D eigenvalue weighted by Gasteiger charge is 2.36. The maximum atomic E-state index is 5.82. The summed E-state index contributed by atoms with van der Waals surface area (Å²) < 4.78 is 7.85. The Morgan fingerprint density at radius 2 is 2.07 bits per heavy atom. The van der Waals surface area contributed by atoms with Crippen molar-refractivity contribution in [3.8, 4) is 0 Å². The van der Waals surface area contributed by atoms with Gasteiger partial charge in [-0.25, -0.2) is 0 Å². The fourth-order valence-corrected chi connectivity index (χ4v) is 2.73. The minimum Gasteiger partial charge on any atom is -0.396 e. The summed E-state index contributed by atoms with van der Waals surface area (Å²) in [7, 11) is 0. The molecule has 0 aromatic carbocycles. The summed E-state index contributed by atoms with van der Waals surface area (Å²) in [6, 6.07) is 0.493. The average Bonchev–Trinajstić information content (AvgIpc) is 2.72. The highest BCUT2D eigenvalue weighted by atomic mass is 16.5. The Morgan fingerprint density at radius 1 is 1.40 bits per heavy atom. The van der Waals surface area contributed by atoms with Gasteiger partial charge in [0, 0.05) is 6.20 Å². The first-order chi connectivity index (χ1) is 7.22. The topological polar surface area (TPSA) is 53.1 Å². The first-order valence-corrected chi connectivity index (χ1v) is 5.69. The summed E-state index contributed by atoms with van der Waals surface area (Å²) >= 11 is 0. The van der Waals surface area contributed by atoms with Crippen molar-refractivity contribution in [3.05, 3.63) is 11.9 Å². The third kappa shape index (κ3) is 1.53. The standard InChI is InChI=1S/C11H17N3O/c1-7-11(12)6-14(13-7)8-4-9-2-3-10(5-8)15-9/h6,8-10H,2-5,12H2,1H3/t9-,10-/m0/s1. The van der Waals surface area contributed by atoms with Gasteiger partial charge in [-0.3, -0.25) is 4.68 Å². The molecule has 0 saturated carbocycles. The fraction of sp³-hybridized carbons (Fsp3) is 0.727. The van der Waals surface area contributed by atoms with Crippen LogP contribution in [0.3, 0.4) is 0 Å². The van der Waals surface area contributed by atoms with E-state index in [4.69, 9.17) is 10.5 Å². The number of aryl methyl sites for hydroxylation is 1. The second-order valence-corrected chi connectivity index (χ2v) is 4.73. The van der Waals surface area contributed by atoms with E-state index in [0.29, 0.717) is 18.2 Å². The van der Waals surface area contributed by atoms with Crippen LogP contribution in [0.15, 0.2) is 6.20 Å². The number of hydrogen-bond acceptors (Lipinski definition) is 3. The van der Waals surface area contributed by atoms with E-state index >= 15 is 0 Å². The Hall–Kier alpha value is -1.03. The molecule has 2 saturated heterocycles. The zero-order valence-electron chi connectivity index (χ0n) is 9.02. The number of hydrogen-bond donors (Lipinski definition) is 1. The molecule has 1 aromatic rings. The van der Waals surface area contributed by atoms with E-state index in [-0.39, 0.29) is 0 Å². The highest BCUT2D eigenvalue weighted by Crippen LogP contribution is 2.38. The van der Waals surface area contributed by atoms with Crippen molar-refractivity contribution in [2.45, 2.75) is 50.9 Å². The van der Waals surface area contributed by atoms with Gasteiger partial charge in [0.2, 0.25) is 0 Å². The lowest BCUT2D eigenvalue weighted by molar-refractivity contribution is -0.0181. The van der Waals surface area contributed by atoms with Crippen LogP contribution in [0.2, 0.25) is 0 Å². The summed E-state index contributed by atoms with van der Waals surface area (Å²) in [4.78, 5) is 0. The SMILES string of the molecule is Cc1nn(C2C[C@@H]3CC[C@@H](C2)O3)cc1N. The zero-order valence-corrected chi connectivity index (χ0v) is 9.02. The van der Waals surface area contributed by atoms with E-state index < -0.39 is 0 Å². The second kappa shape index (κ2) is 3.23. The van der Waals surface area contributed by atoms with Gasteiger partial charge in [-0.15, -0.1) is 0 Å². The van der Waals surface area contributed by atoms with Crippen LogP contribution in [0, 0.1) is 6.92 Å². The van der Waals surface area contributed by atoms with E-state index in [2.05, 4.69) is 5.10 Å². The summed E-state index contributed by atoms with van der Waals surface area (Å²) in [6.45, 7) is 1.96. The third-order valence-corrected chi connectivity index (χ3v) is 3.59. The molecule has 15 heavy (non-hydrogen) atoms. The van der Waals surface area contributed by atoms with Crippen LogP contribution in [0.5, 0.6) is 0 Å². The number of rotatable bonds is 1. The molecular weight excluding hydrogens is 190 g/mol. The molecule has 0 unspecified atom stereocenters. The van der Waals surface area contributed by atoms with Crippen molar-refractivity contribution in [1.82, 2.24) is 9.78 Å². The molecule has 2 aliphatic rings. The highest BCUT2D eigenvalue weighted by molar-refractivity contribution is 5.39.